The van der Waals surface area contributed by atoms with Crippen molar-refractivity contribution in [2.45, 2.75) is 20.8 Å². The number of aromatic nitrogens is 2. The summed E-state index contributed by atoms with van der Waals surface area (Å²) in [6.45, 7) is 10.1. The number of benzene rings is 3. The van der Waals surface area contributed by atoms with Gasteiger partial charge in [0, 0.05) is 49.2 Å². The van der Waals surface area contributed by atoms with E-state index in [2.05, 4.69) is 10.2 Å². The van der Waals surface area contributed by atoms with Crippen LogP contribution in [0.4, 0.5) is 5.95 Å². The predicted molar refractivity (Wildman–Crippen MR) is 161 cm³/mol. The minimum absolute atomic E-state index is 0.0856. The Balaban J connectivity index is 1.38. The van der Waals surface area contributed by atoms with E-state index >= 15 is 0 Å². The molecule has 2 heterocycles. The first kappa shape index (κ1) is 28.3. The van der Waals surface area contributed by atoms with Crippen LogP contribution in [0.3, 0.4) is 0 Å². The van der Waals surface area contributed by atoms with E-state index in [0.717, 1.165) is 46.7 Å². The number of carbonyl (C=O) groups is 2. The van der Waals surface area contributed by atoms with Crippen LogP contribution < -0.4 is 5.32 Å². The van der Waals surface area contributed by atoms with Gasteiger partial charge in [-0.15, -0.1) is 0 Å². The monoisotopic (exact) mass is 551 g/mol. The molecule has 1 N–H and O–H groups in total. The first-order valence-electron chi connectivity index (χ1n) is 14.0. The predicted octanol–water partition coefficient (Wildman–Crippen LogP) is 4.88. The molecule has 0 atom stereocenters. The Morgan fingerprint density at radius 1 is 0.854 bits per heavy atom. The molecular formula is C33H37N5O3. The maximum Gasteiger partial charge on any atom is 0.254 e. The average Bonchev–Trinajstić information content (AvgIpc) is 3.40. The van der Waals surface area contributed by atoms with Gasteiger partial charge in [-0.1, -0.05) is 65.2 Å². The normalized spacial score (nSPS) is 13.6. The lowest BCUT2D eigenvalue weighted by molar-refractivity contribution is -0.117. The summed E-state index contributed by atoms with van der Waals surface area (Å²) in [5, 5.41) is 2.99. The SMILES string of the molecule is Cc1ccc(C(=O)N(CCN2CCOCC2)CC(=O)Nc2nc(-c3ccc(C)cc3)cn2-c2ccc(C)cc2)cc1. The number of ether oxygens (including phenoxy) is 1. The van der Waals surface area contributed by atoms with Crippen LogP contribution in [0.15, 0.2) is 79.0 Å². The van der Waals surface area contributed by atoms with Gasteiger partial charge in [-0.3, -0.25) is 24.4 Å². The van der Waals surface area contributed by atoms with Crippen molar-refractivity contribution in [3.8, 4) is 16.9 Å². The third kappa shape index (κ3) is 7.28. The summed E-state index contributed by atoms with van der Waals surface area (Å²) >= 11 is 0. The molecule has 0 spiro atoms. The second kappa shape index (κ2) is 12.9. The van der Waals surface area contributed by atoms with E-state index in [1.54, 1.807) is 4.90 Å². The number of hydrogen-bond acceptors (Lipinski definition) is 5. The minimum atomic E-state index is -0.304. The smallest absolute Gasteiger partial charge is 0.254 e. The second-order valence-electron chi connectivity index (χ2n) is 10.6. The summed E-state index contributed by atoms with van der Waals surface area (Å²) in [5.74, 6) is -0.0668. The number of anilines is 1. The van der Waals surface area contributed by atoms with E-state index in [-0.39, 0.29) is 18.4 Å². The lowest BCUT2D eigenvalue weighted by Crippen LogP contribution is -2.45. The molecule has 3 aromatic carbocycles. The van der Waals surface area contributed by atoms with E-state index in [4.69, 9.17) is 9.72 Å². The maximum atomic E-state index is 13.5. The zero-order valence-electron chi connectivity index (χ0n) is 24.0. The van der Waals surface area contributed by atoms with Gasteiger partial charge in [0.05, 0.1) is 18.9 Å². The molecule has 5 rings (SSSR count). The molecule has 2 amide bonds. The number of rotatable bonds is 9. The second-order valence-corrected chi connectivity index (χ2v) is 10.6. The highest BCUT2D eigenvalue weighted by atomic mass is 16.5. The Kier molecular flexibility index (Phi) is 8.91. The topological polar surface area (TPSA) is 79.7 Å². The van der Waals surface area contributed by atoms with E-state index in [1.807, 2.05) is 104 Å². The maximum absolute atomic E-state index is 13.5. The van der Waals surface area contributed by atoms with Crippen molar-refractivity contribution >= 4 is 17.8 Å². The molecule has 0 unspecified atom stereocenters. The van der Waals surface area contributed by atoms with Gasteiger partial charge in [0.2, 0.25) is 11.9 Å². The number of nitrogens with one attached hydrogen (secondary N) is 1. The number of aryl methyl sites for hydroxylation is 3. The van der Waals surface area contributed by atoms with Crippen molar-refractivity contribution in [3.05, 3.63) is 101 Å². The number of morpholine rings is 1. The number of nitrogens with zero attached hydrogens (tertiary/aromatic N) is 4. The molecular weight excluding hydrogens is 514 g/mol. The van der Waals surface area contributed by atoms with Crippen molar-refractivity contribution in [2.24, 2.45) is 0 Å². The highest BCUT2D eigenvalue weighted by Gasteiger charge is 2.22. The molecule has 1 fully saturated rings. The quantitative estimate of drug-likeness (QED) is 0.321. The van der Waals surface area contributed by atoms with Crippen LogP contribution in [0.2, 0.25) is 0 Å². The molecule has 0 aliphatic carbocycles. The average molecular weight is 552 g/mol. The Morgan fingerprint density at radius 2 is 1.44 bits per heavy atom. The molecule has 41 heavy (non-hydrogen) atoms. The minimum Gasteiger partial charge on any atom is -0.379 e. The lowest BCUT2D eigenvalue weighted by atomic mass is 10.1. The summed E-state index contributed by atoms with van der Waals surface area (Å²) in [6, 6.07) is 23.7. The van der Waals surface area contributed by atoms with E-state index < -0.39 is 0 Å². The molecule has 4 aromatic rings. The molecule has 1 aromatic heterocycles. The number of carbonyl (C=O) groups excluding carboxylic acids is 2. The van der Waals surface area contributed by atoms with Gasteiger partial charge < -0.3 is 9.64 Å². The number of hydrogen-bond donors (Lipinski definition) is 1. The highest BCUT2D eigenvalue weighted by Crippen LogP contribution is 2.25. The van der Waals surface area contributed by atoms with Crippen LogP contribution in [-0.4, -0.2) is 77.1 Å². The molecule has 0 saturated carbocycles. The zero-order valence-corrected chi connectivity index (χ0v) is 24.0. The van der Waals surface area contributed by atoms with E-state index in [0.29, 0.717) is 37.8 Å². The molecule has 1 saturated heterocycles. The summed E-state index contributed by atoms with van der Waals surface area (Å²) in [4.78, 5) is 35.7. The van der Waals surface area contributed by atoms with Crippen LogP contribution in [-0.2, 0) is 9.53 Å². The van der Waals surface area contributed by atoms with Crippen LogP contribution in [0.1, 0.15) is 27.0 Å². The summed E-state index contributed by atoms with van der Waals surface area (Å²) < 4.78 is 7.35. The van der Waals surface area contributed by atoms with E-state index in [1.165, 1.54) is 0 Å². The molecule has 0 radical (unpaired) electrons. The van der Waals surface area contributed by atoms with Gasteiger partial charge in [-0.25, -0.2) is 4.98 Å². The molecule has 8 heteroatoms. The molecule has 0 bridgehead atoms. The molecule has 1 aliphatic rings. The van der Waals surface area contributed by atoms with Crippen LogP contribution in [0.5, 0.6) is 0 Å². The third-order valence-electron chi connectivity index (χ3n) is 7.33. The summed E-state index contributed by atoms with van der Waals surface area (Å²) in [7, 11) is 0. The number of amides is 2. The fourth-order valence-electron chi connectivity index (χ4n) is 4.79. The first-order chi connectivity index (χ1) is 19.9. The highest BCUT2D eigenvalue weighted by molar-refractivity contribution is 5.99. The Labute approximate surface area is 241 Å². The van der Waals surface area contributed by atoms with Crippen molar-refractivity contribution in [3.63, 3.8) is 0 Å². The Hall–Kier alpha value is -4.27. The van der Waals surface area contributed by atoms with Crippen molar-refractivity contribution in [1.82, 2.24) is 19.4 Å². The molecule has 1 aliphatic heterocycles. The van der Waals surface area contributed by atoms with Gasteiger partial charge >= 0.3 is 0 Å². The summed E-state index contributed by atoms with van der Waals surface area (Å²) in [6.07, 6.45) is 1.93. The molecule has 212 valence electrons. The van der Waals surface area contributed by atoms with Crippen LogP contribution in [0, 0.1) is 20.8 Å². The van der Waals surface area contributed by atoms with Gasteiger partial charge in [-0.05, 0) is 45.0 Å². The fourth-order valence-corrected chi connectivity index (χ4v) is 4.79. The van der Waals surface area contributed by atoms with E-state index in [9.17, 15) is 9.59 Å². The van der Waals surface area contributed by atoms with Gasteiger partial charge in [0.1, 0.15) is 6.54 Å². The number of imidazole rings is 1. The standard InChI is InChI=1S/C33H37N5O3/c1-24-4-10-27(11-5-24)30-22-38(29-14-8-26(3)9-15-29)33(34-30)35-31(39)23-37(17-16-36-18-20-41-21-19-36)32(40)28-12-6-25(2)7-13-28/h4-15,22H,16-21,23H2,1-3H3,(H,34,35,39). The largest absolute Gasteiger partial charge is 0.379 e. The van der Waals surface area contributed by atoms with Gasteiger partial charge in [0.25, 0.3) is 5.91 Å². The Bertz CT molecular complexity index is 1470. The van der Waals surface area contributed by atoms with Crippen LogP contribution >= 0.6 is 0 Å². The third-order valence-corrected chi connectivity index (χ3v) is 7.33. The Morgan fingerprint density at radius 3 is 2.07 bits per heavy atom. The molecule has 8 nitrogen and oxygen atoms in total. The van der Waals surface area contributed by atoms with Gasteiger partial charge in [-0.2, -0.15) is 0 Å². The fraction of sp³-hybridized carbons (Fsp3) is 0.303. The van der Waals surface area contributed by atoms with Crippen LogP contribution in [0.25, 0.3) is 16.9 Å². The first-order valence-corrected chi connectivity index (χ1v) is 14.0. The van der Waals surface area contributed by atoms with Crippen molar-refractivity contribution < 1.29 is 14.3 Å². The van der Waals surface area contributed by atoms with Crippen molar-refractivity contribution in [2.75, 3.05) is 51.3 Å². The zero-order chi connectivity index (χ0) is 28.8. The van der Waals surface area contributed by atoms with Gasteiger partial charge in [0.15, 0.2) is 0 Å². The van der Waals surface area contributed by atoms with Crippen molar-refractivity contribution in [1.29, 1.82) is 0 Å². The lowest BCUT2D eigenvalue weighted by Gasteiger charge is -2.30. The summed E-state index contributed by atoms with van der Waals surface area (Å²) in [5.41, 5.74) is 6.54.